The maximum atomic E-state index is 13.3. The molecule has 1 unspecified atom stereocenters. The average Bonchev–Trinajstić information content (AvgIpc) is 2.78. The van der Waals surface area contributed by atoms with Crippen molar-refractivity contribution in [1.29, 1.82) is 0 Å². The predicted molar refractivity (Wildman–Crippen MR) is 68.8 cm³/mol. The lowest BCUT2D eigenvalue weighted by Crippen LogP contribution is -2.46. The first-order valence-corrected chi connectivity index (χ1v) is 5.96. The predicted octanol–water partition coefficient (Wildman–Crippen LogP) is 1.22. The van der Waals surface area contributed by atoms with E-state index in [0.717, 1.165) is 6.07 Å². The summed E-state index contributed by atoms with van der Waals surface area (Å²) in [5.41, 5.74) is 3.59. The second kappa shape index (κ2) is 5.04. The highest BCUT2D eigenvalue weighted by Gasteiger charge is 2.33. The third kappa shape index (κ3) is 2.69. The summed E-state index contributed by atoms with van der Waals surface area (Å²) in [7, 11) is 0. The van der Waals surface area contributed by atoms with E-state index in [1.54, 1.807) is 6.92 Å². The van der Waals surface area contributed by atoms with Crippen LogP contribution in [0.5, 0.6) is 0 Å². The first-order chi connectivity index (χ1) is 9.32. The Morgan fingerprint density at radius 2 is 2.30 bits per heavy atom. The molecule has 20 heavy (non-hydrogen) atoms. The number of rotatable bonds is 3. The topological polar surface area (TPSA) is 107 Å². The summed E-state index contributed by atoms with van der Waals surface area (Å²) in [5.74, 6) is -1.60. The SMILES string of the molecule is CC1(NC(=O)c2cc(N)c(F)cc2[N+](=O)[O-])CCOC1. The van der Waals surface area contributed by atoms with E-state index in [2.05, 4.69) is 5.32 Å². The quantitative estimate of drug-likeness (QED) is 0.492. The maximum Gasteiger partial charge on any atom is 0.285 e. The number of nitro groups is 1. The minimum atomic E-state index is -0.927. The largest absolute Gasteiger partial charge is 0.396 e. The highest BCUT2D eigenvalue weighted by atomic mass is 19.1. The number of nitrogens with one attached hydrogen (secondary N) is 1. The number of anilines is 1. The van der Waals surface area contributed by atoms with Crippen LogP contribution >= 0.6 is 0 Å². The van der Waals surface area contributed by atoms with Gasteiger partial charge in [-0.15, -0.1) is 0 Å². The van der Waals surface area contributed by atoms with Gasteiger partial charge in [-0.1, -0.05) is 0 Å². The Kier molecular flexibility index (Phi) is 3.58. The molecule has 1 atom stereocenters. The first kappa shape index (κ1) is 14.2. The van der Waals surface area contributed by atoms with Crippen molar-refractivity contribution in [3.63, 3.8) is 0 Å². The molecular weight excluding hydrogens is 269 g/mol. The Morgan fingerprint density at radius 3 is 2.85 bits per heavy atom. The summed E-state index contributed by atoms with van der Waals surface area (Å²) in [6.07, 6.45) is 0.600. The van der Waals surface area contributed by atoms with Gasteiger partial charge >= 0.3 is 0 Å². The number of nitro benzene ring substituents is 1. The Balaban J connectivity index is 2.33. The Morgan fingerprint density at radius 1 is 1.60 bits per heavy atom. The zero-order valence-corrected chi connectivity index (χ0v) is 10.8. The van der Waals surface area contributed by atoms with Crippen LogP contribution in [0.2, 0.25) is 0 Å². The molecule has 1 amide bonds. The molecule has 1 aromatic rings. The molecule has 1 fully saturated rings. The van der Waals surface area contributed by atoms with Gasteiger partial charge < -0.3 is 15.8 Å². The average molecular weight is 283 g/mol. The smallest absolute Gasteiger partial charge is 0.285 e. The fraction of sp³-hybridized carbons (Fsp3) is 0.417. The molecule has 7 nitrogen and oxygen atoms in total. The van der Waals surface area contributed by atoms with E-state index in [9.17, 15) is 19.3 Å². The molecule has 1 heterocycles. The molecule has 0 aromatic heterocycles. The van der Waals surface area contributed by atoms with Crippen molar-refractivity contribution in [3.8, 4) is 0 Å². The molecule has 1 aromatic carbocycles. The van der Waals surface area contributed by atoms with Crippen molar-refractivity contribution in [2.75, 3.05) is 18.9 Å². The number of nitrogens with two attached hydrogens (primary N) is 1. The first-order valence-electron chi connectivity index (χ1n) is 5.96. The van der Waals surface area contributed by atoms with Crippen LogP contribution in [0.1, 0.15) is 23.7 Å². The summed E-state index contributed by atoms with van der Waals surface area (Å²) >= 11 is 0. The number of amides is 1. The fourth-order valence-corrected chi connectivity index (χ4v) is 2.02. The van der Waals surface area contributed by atoms with Gasteiger partial charge in [0.2, 0.25) is 0 Å². The highest BCUT2D eigenvalue weighted by Crippen LogP contribution is 2.26. The van der Waals surface area contributed by atoms with Gasteiger partial charge in [0, 0.05) is 6.61 Å². The fourth-order valence-electron chi connectivity index (χ4n) is 2.02. The number of hydrogen-bond acceptors (Lipinski definition) is 5. The van der Waals surface area contributed by atoms with Gasteiger partial charge in [0.15, 0.2) is 5.82 Å². The molecule has 0 bridgehead atoms. The zero-order chi connectivity index (χ0) is 14.9. The standard InChI is InChI=1S/C12H14FN3O4/c1-12(2-3-20-6-12)15-11(17)7-4-9(14)8(13)5-10(7)16(18)19/h4-5H,2-3,6,14H2,1H3,(H,15,17). The highest BCUT2D eigenvalue weighted by molar-refractivity contribution is 5.99. The number of hydrogen-bond donors (Lipinski definition) is 2. The number of carbonyl (C=O) groups is 1. The van der Waals surface area contributed by atoms with Gasteiger partial charge in [0.05, 0.1) is 28.8 Å². The van der Waals surface area contributed by atoms with Crippen LogP contribution in [0.15, 0.2) is 12.1 Å². The number of halogens is 1. The molecular formula is C12H14FN3O4. The third-order valence-electron chi connectivity index (χ3n) is 3.19. The lowest BCUT2D eigenvalue weighted by atomic mass is 10.0. The van der Waals surface area contributed by atoms with Gasteiger partial charge in [-0.05, 0) is 19.4 Å². The summed E-state index contributed by atoms with van der Waals surface area (Å²) < 4.78 is 18.5. The molecule has 0 aliphatic carbocycles. The minimum Gasteiger partial charge on any atom is -0.396 e. The lowest BCUT2D eigenvalue weighted by Gasteiger charge is -2.23. The van der Waals surface area contributed by atoms with Crippen LogP contribution in [0.4, 0.5) is 15.8 Å². The summed E-state index contributed by atoms with van der Waals surface area (Å²) in [6.45, 7) is 2.60. The molecule has 0 saturated carbocycles. The van der Waals surface area contributed by atoms with E-state index in [1.165, 1.54) is 0 Å². The van der Waals surface area contributed by atoms with E-state index < -0.39 is 27.9 Å². The second-order valence-electron chi connectivity index (χ2n) is 4.97. The maximum absolute atomic E-state index is 13.3. The zero-order valence-electron chi connectivity index (χ0n) is 10.8. The van der Waals surface area contributed by atoms with Crippen LogP contribution in [-0.2, 0) is 4.74 Å². The number of carbonyl (C=O) groups excluding carboxylic acids is 1. The van der Waals surface area contributed by atoms with Crippen molar-refractivity contribution in [2.24, 2.45) is 0 Å². The summed E-state index contributed by atoms with van der Waals surface area (Å²) in [6, 6.07) is 1.62. The Bertz CT molecular complexity index is 570. The van der Waals surface area contributed by atoms with Crippen molar-refractivity contribution in [3.05, 3.63) is 33.6 Å². The Hall–Kier alpha value is -2.22. The van der Waals surface area contributed by atoms with Crippen molar-refractivity contribution in [1.82, 2.24) is 5.32 Å². The van der Waals surface area contributed by atoms with E-state index in [-0.39, 0.29) is 11.3 Å². The van der Waals surface area contributed by atoms with Gasteiger partial charge in [0.1, 0.15) is 5.56 Å². The van der Waals surface area contributed by atoms with Crippen LogP contribution in [0, 0.1) is 15.9 Å². The number of nitrogen functional groups attached to an aromatic ring is 1. The van der Waals surface area contributed by atoms with Gasteiger partial charge in [-0.3, -0.25) is 14.9 Å². The van der Waals surface area contributed by atoms with Crippen LogP contribution in [0.3, 0.4) is 0 Å². The van der Waals surface area contributed by atoms with Crippen LogP contribution in [0.25, 0.3) is 0 Å². The number of ether oxygens (including phenoxy) is 1. The van der Waals surface area contributed by atoms with Crippen molar-refractivity contribution < 1.29 is 18.8 Å². The van der Waals surface area contributed by atoms with Gasteiger partial charge in [-0.2, -0.15) is 0 Å². The summed E-state index contributed by atoms with van der Waals surface area (Å²) in [4.78, 5) is 22.2. The van der Waals surface area contributed by atoms with Gasteiger partial charge in [-0.25, -0.2) is 4.39 Å². The molecule has 1 aliphatic rings. The molecule has 108 valence electrons. The van der Waals surface area contributed by atoms with Crippen molar-refractivity contribution >= 4 is 17.3 Å². The van der Waals surface area contributed by atoms with E-state index in [1.807, 2.05) is 0 Å². The summed E-state index contributed by atoms with van der Waals surface area (Å²) in [5, 5.41) is 13.6. The molecule has 0 radical (unpaired) electrons. The van der Waals surface area contributed by atoms with E-state index in [4.69, 9.17) is 10.5 Å². The molecule has 3 N–H and O–H groups in total. The van der Waals surface area contributed by atoms with Gasteiger partial charge in [0.25, 0.3) is 11.6 Å². The molecule has 1 saturated heterocycles. The van der Waals surface area contributed by atoms with E-state index >= 15 is 0 Å². The molecule has 8 heteroatoms. The number of nitrogens with zero attached hydrogens (tertiary/aromatic N) is 1. The van der Waals surface area contributed by atoms with E-state index in [0.29, 0.717) is 25.7 Å². The third-order valence-corrected chi connectivity index (χ3v) is 3.19. The molecule has 1 aliphatic heterocycles. The minimum absolute atomic E-state index is 0.262. The monoisotopic (exact) mass is 283 g/mol. The lowest BCUT2D eigenvalue weighted by molar-refractivity contribution is -0.385. The Labute approximate surface area is 114 Å². The number of benzene rings is 1. The van der Waals surface area contributed by atoms with Crippen LogP contribution in [-0.4, -0.2) is 29.6 Å². The normalized spacial score (nSPS) is 21.7. The van der Waals surface area contributed by atoms with Crippen LogP contribution < -0.4 is 11.1 Å². The molecule has 0 spiro atoms. The molecule has 2 rings (SSSR count). The second-order valence-corrected chi connectivity index (χ2v) is 4.97. The van der Waals surface area contributed by atoms with Crippen molar-refractivity contribution in [2.45, 2.75) is 18.9 Å².